The van der Waals surface area contributed by atoms with Crippen molar-refractivity contribution in [2.75, 3.05) is 44.6 Å². The molecule has 0 bridgehead atoms. The normalized spacial score (nSPS) is 21.0. The van der Waals surface area contributed by atoms with Crippen molar-refractivity contribution < 1.29 is 9.53 Å². The molecule has 9 heteroatoms. The molecule has 2 fully saturated rings. The van der Waals surface area contributed by atoms with E-state index in [0.717, 1.165) is 68.2 Å². The zero-order chi connectivity index (χ0) is 20.8. The molecule has 0 spiro atoms. The number of nitrogens with one attached hydrogen (secondary N) is 1. The lowest BCUT2D eigenvalue weighted by molar-refractivity contribution is -0.132. The number of aromatic nitrogens is 2. The molecule has 2 aliphatic heterocycles. The third-order valence-electron chi connectivity index (χ3n) is 5.47. The van der Waals surface area contributed by atoms with Gasteiger partial charge in [-0.25, -0.2) is 0 Å². The highest BCUT2D eigenvalue weighted by atomic mass is 32.2. The Labute approximate surface area is 186 Å². The SMILES string of the molecule is CC(Sc1nnc(NCC2CCCO2)s1)C(=O)N1CCN(Cc2ccccc2)CC1. The molecule has 2 unspecified atom stereocenters. The van der Waals surface area contributed by atoms with E-state index in [2.05, 4.69) is 44.7 Å². The van der Waals surface area contributed by atoms with Crippen molar-refractivity contribution in [1.29, 1.82) is 0 Å². The first-order valence-electron chi connectivity index (χ1n) is 10.6. The Morgan fingerprint density at radius 2 is 2.07 bits per heavy atom. The number of anilines is 1. The zero-order valence-electron chi connectivity index (χ0n) is 17.3. The number of ether oxygens (including phenoxy) is 1. The molecule has 1 amide bonds. The molecule has 1 aromatic heterocycles. The van der Waals surface area contributed by atoms with Crippen molar-refractivity contribution in [3.63, 3.8) is 0 Å². The van der Waals surface area contributed by atoms with E-state index in [0.29, 0.717) is 0 Å². The molecular weight excluding hydrogens is 418 g/mol. The molecule has 30 heavy (non-hydrogen) atoms. The van der Waals surface area contributed by atoms with Gasteiger partial charge in [0.05, 0.1) is 11.4 Å². The van der Waals surface area contributed by atoms with Gasteiger partial charge in [-0.05, 0) is 25.3 Å². The van der Waals surface area contributed by atoms with Gasteiger partial charge in [-0.3, -0.25) is 9.69 Å². The van der Waals surface area contributed by atoms with E-state index in [-0.39, 0.29) is 17.3 Å². The molecule has 1 N–H and O–H groups in total. The average Bonchev–Trinajstić information content (AvgIpc) is 3.45. The topological polar surface area (TPSA) is 70.6 Å². The Bertz CT molecular complexity index is 805. The van der Waals surface area contributed by atoms with Crippen LogP contribution in [0, 0.1) is 0 Å². The summed E-state index contributed by atoms with van der Waals surface area (Å²) in [5.41, 5.74) is 1.32. The summed E-state index contributed by atoms with van der Waals surface area (Å²) in [6.07, 6.45) is 2.49. The third kappa shape index (κ3) is 5.94. The van der Waals surface area contributed by atoms with E-state index in [1.807, 2.05) is 17.9 Å². The summed E-state index contributed by atoms with van der Waals surface area (Å²) in [4.78, 5) is 17.3. The van der Waals surface area contributed by atoms with E-state index in [9.17, 15) is 4.79 Å². The van der Waals surface area contributed by atoms with Gasteiger partial charge in [-0.1, -0.05) is 53.4 Å². The van der Waals surface area contributed by atoms with Crippen molar-refractivity contribution in [1.82, 2.24) is 20.0 Å². The van der Waals surface area contributed by atoms with Crippen LogP contribution in [-0.2, 0) is 16.1 Å². The number of rotatable bonds is 8. The summed E-state index contributed by atoms with van der Waals surface area (Å²) in [5.74, 6) is 0.184. The Kier molecular flexibility index (Phi) is 7.59. The Hall–Kier alpha value is -1.68. The number of piperazine rings is 1. The lowest BCUT2D eigenvalue weighted by atomic mass is 10.2. The molecule has 2 atom stereocenters. The number of amides is 1. The lowest BCUT2D eigenvalue weighted by Crippen LogP contribution is -2.50. The smallest absolute Gasteiger partial charge is 0.235 e. The number of carbonyl (C=O) groups is 1. The molecular formula is C21H29N5O2S2. The summed E-state index contributed by atoms with van der Waals surface area (Å²) in [6.45, 7) is 7.90. The van der Waals surface area contributed by atoms with Gasteiger partial charge >= 0.3 is 0 Å². The van der Waals surface area contributed by atoms with Gasteiger partial charge in [0, 0.05) is 45.9 Å². The molecule has 4 rings (SSSR count). The van der Waals surface area contributed by atoms with E-state index < -0.39 is 0 Å². The fourth-order valence-corrected chi connectivity index (χ4v) is 5.75. The van der Waals surface area contributed by atoms with Crippen molar-refractivity contribution >= 4 is 34.1 Å². The maximum atomic E-state index is 12.9. The van der Waals surface area contributed by atoms with Gasteiger partial charge < -0.3 is 15.0 Å². The van der Waals surface area contributed by atoms with Crippen LogP contribution in [0.25, 0.3) is 0 Å². The highest BCUT2D eigenvalue weighted by Crippen LogP contribution is 2.30. The van der Waals surface area contributed by atoms with Crippen molar-refractivity contribution in [2.24, 2.45) is 0 Å². The van der Waals surface area contributed by atoms with Gasteiger partial charge in [-0.15, -0.1) is 10.2 Å². The van der Waals surface area contributed by atoms with Crippen LogP contribution in [0.3, 0.4) is 0 Å². The fourth-order valence-electron chi connectivity index (χ4n) is 3.76. The van der Waals surface area contributed by atoms with Gasteiger partial charge in [0.1, 0.15) is 0 Å². The second-order valence-corrected chi connectivity index (χ2v) is 10.3. The highest BCUT2D eigenvalue weighted by Gasteiger charge is 2.26. The van der Waals surface area contributed by atoms with Crippen LogP contribution in [-0.4, -0.2) is 76.6 Å². The predicted molar refractivity (Wildman–Crippen MR) is 121 cm³/mol. The average molecular weight is 448 g/mol. The molecule has 0 saturated carbocycles. The van der Waals surface area contributed by atoms with Gasteiger partial charge in [0.25, 0.3) is 0 Å². The Morgan fingerprint density at radius 3 is 2.80 bits per heavy atom. The summed E-state index contributed by atoms with van der Waals surface area (Å²) in [7, 11) is 0. The van der Waals surface area contributed by atoms with Crippen LogP contribution in [0.5, 0.6) is 0 Å². The van der Waals surface area contributed by atoms with Crippen LogP contribution in [0.2, 0.25) is 0 Å². The number of carbonyl (C=O) groups excluding carboxylic acids is 1. The number of nitrogens with zero attached hydrogens (tertiary/aromatic N) is 4. The number of hydrogen-bond acceptors (Lipinski definition) is 8. The first-order valence-corrected chi connectivity index (χ1v) is 12.3. The van der Waals surface area contributed by atoms with Crippen LogP contribution in [0.15, 0.2) is 34.7 Å². The second-order valence-electron chi connectivity index (χ2n) is 7.74. The third-order valence-corrected chi connectivity index (χ3v) is 7.52. The van der Waals surface area contributed by atoms with Crippen LogP contribution in [0.1, 0.15) is 25.3 Å². The molecule has 0 radical (unpaired) electrons. The van der Waals surface area contributed by atoms with Crippen molar-refractivity contribution in [3.05, 3.63) is 35.9 Å². The van der Waals surface area contributed by atoms with Crippen LogP contribution >= 0.6 is 23.1 Å². The standard InChI is InChI=1S/C21H29N5O2S2/c1-16(29-21-24-23-20(30-21)22-14-18-8-5-13-28-18)19(27)26-11-9-25(10-12-26)15-17-6-3-2-4-7-17/h2-4,6-7,16,18H,5,8-15H2,1H3,(H,22,23). The van der Waals surface area contributed by atoms with E-state index >= 15 is 0 Å². The fraction of sp³-hybridized carbons (Fsp3) is 0.571. The quantitative estimate of drug-likeness (QED) is 0.624. The van der Waals surface area contributed by atoms with Crippen molar-refractivity contribution in [3.8, 4) is 0 Å². The minimum atomic E-state index is -0.162. The summed E-state index contributed by atoms with van der Waals surface area (Å²) < 4.78 is 6.45. The Balaban J connectivity index is 1.20. The molecule has 2 aliphatic rings. The number of hydrogen-bond donors (Lipinski definition) is 1. The molecule has 7 nitrogen and oxygen atoms in total. The molecule has 3 heterocycles. The van der Waals surface area contributed by atoms with E-state index in [1.165, 1.54) is 28.7 Å². The number of thioether (sulfide) groups is 1. The molecule has 2 aromatic rings. The lowest BCUT2D eigenvalue weighted by Gasteiger charge is -2.35. The minimum absolute atomic E-state index is 0.162. The van der Waals surface area contributed by atoms with Gasteiger partial charge in [-0.2, -0.15) is 0 Å². The van der Waals surface area contributed by atoms with Gasteiger partial charge in [0.2, 0.25) is 11.0 Å². The summed E-state index contributed by atoms with van der Waals surface area (Å²) >= 11 is 3.00. The number of benzene rings is 1. The summed E-state index contributed by atoms with van der Waals surface area (Å²) in [5, 5.41) is 12.4. The minimum Gasteiger partial charge on any atom is -0.376 e. The highest BCUT2D eigenvalue weighted by molar-refractivity contribution is 8.02. The van der Waals surface area contributed by atoms with E-state index in [4.69, 9.17) is 4.74 Å². The van der Waals surface area contributed by atoms with Crippen LogP contribution in [0.4, 0.5) is 5.13 Å². The molecule has 1 aromatic carbocycles. The first kappa shape index (κ1) is 21.5. The van der Waals surface area contributed by atoms with Crippen molar-refractivity contribution in [2.45, 2.75) is 42.0 Å². The molecule has 162 valence electrons. The summed E-state index contributed by atoms with van der Waals surface area (Å²) in [6, 6.07) is 10.5. The van der Waals surface area contributed by atoms with Crippen LogP contribution < -0.4 is 5.32 Å². The van der Waals surface area contributed by atoms with E-state index in [1.54, 1.807) is 0 Å². The first-order chi connectivity index (χ1) is 14.7. The maximum Gasteiger partial charge on any atom is 0.235 e. The monoisotopic (exact) mass is 447 g/mol. The predicted octanol–water partition coefficient (Wildman–Crippen LogP) is 2.95. The largest absolute Gasteiger partial charge is 0.376 e. The zero-order valence-corrected chi connectivity index (χ0v) is 19.0. The second kappa shape index (κ2) is 10.6. The molecule has 0 aliphatic carbocycles. The maximum absolute atomic E-state index is 12.9. The van der Waals surface area contributed by atoms with Gasteiger partial charge in [0.15, 0.2) is 4.34 Å². The Morgan fingerprint density at radius 1 is 1.27 bits per heavy atom. The molecule has 2 saturated heterocycles.